The molecule has 1 aromatic carbocycles. The van der Waals surface area contributed by atoms with Gasteiger partial charge >= 0.3 is 0 Å². The standard InChI is InChI=1S/C16H22ClFN2O/c1-16(2,3)14(19)15(21)20(10-7-8-10)9-11-12(17)5-4-6-13(11)18/h4-6,10,14H,7-9,19H2,1-3H3. The summed E-state index contributed by atoms with van der Waals surface area (Å²) in [6, 6.07) is 4.11. The van der Waals surface area contributed by atoms with Crippen LogP contribution < -0.4 is 5.73 Å². The molecule has 1 fully saturated rings. The number of nitrogens with two attached hydrogens (primary N) is 1. The number of carbonyl (C=O) groups excluding carboxylic acids is 1. The van der Waals surface area contributed by atoms with Crippen molar-refractivity contribution in [3.8, 4) is 0 Å². The molecule has 0 spiro atoms. The number of rotatable bonds is 4. The molecular formula is C16H22ClFN2O. The van der Waals surface area contributed by atoms with E-state index in [1.165, 1.54) is 6.07 Å². The van der Waals surface area contributed by atoms with Crippen LogP contribution in [0, 0.1) is 11.2 Å². The monoisotopic (exact) mass is 312 g/mol. The number of hydrogen-bond acceptors (Lipinski definition) is 2. The smallest absolute Gasteiger partial charge is 0.240 e. The summed E-state index contributed by atoms with van der Waals surface area (Å²) in [5.74, 6) is -0.519. The van der Waals surface area contributed by atoms with Crippen molar-refractivity contribution in [2.45, 2.75) is 52.2 Å². The molecule has 1 unspecified atom stereocenters. The Hall–Kier alpha value is -1.13. The molecule has 0 radical (unpaired) electrons. The Morgan fingerprint density at radius 3 is 2.57 bits per heavy atom. The van der Waals surface area contributed by atoms with Gasteiger partial charge in [0.05, 0.1) is 12.6 Å². The van der Waals surface area contributed by atoms with Gasteiger partial charge in [0, 0.05) is 16.6 Å². The lowest BCUT2D eigenvalue weighted by Gasteiger charge is -2.32. The van der Waals surface area contributed by atoms with Crippen molar-refractivity contribution in [2.75, 3.05) is 0 Å². The Morgan fingerprint density at radius 2 is 2.10 bits per heavy atom. The molecule has 116 valence electrons. The molecule has 0 aromatic heterocycles. The summed E-state index contributed by atoms with van der Waals surface area (Å²) < 4.78 is 13.9. The highest BCUT2D eigenvalue weighted by atomic mass is 35.5. The van der Waals surface area contributed by atoms with Crippen LogP contribution >= 0.6 is 11.6 Å². The molecule has 1 amide bonds. The van der Waals surface area contributed by atoms with Gasteiger partial charge in [0.1, 0.15) is 5.82 Å². The lowest BCUT2D eigenvalue weighted by molar-refractivity contribution is -0.136. The maximum atomic E-state index is 13.9. The summed E-state index contributed by atoms with van der Waals surface area (Å²) in [6.45, 7) is 5.96. The molecule has 1 saturated carbocycles. The minimum atomic E-state index is -0.608. The van der Waals surface area contributed by atoms with Crippen molar-refractivity contribution < 1.29 is 9.18 Å². The molecule has 1 aromatic rings. The lowest BCUT2D eigenvalue weighted by atomic mass is 9.86. The highest BCUT2D eigenvalue weighted by Gasteiger charge is 2.38. The normalized spacial score (nSPS) is 16.7. The van der Waals surface area contributed by atoms with E-state index in [4.69, 9.17) is 17.3 Å². The van der Waals surface area contributed by atoms with Crippen LogP contribution in [0.2, 0.25) is 5.02 Å². The fraction of sp³-hybridized carbons (Fsp3) is 0.562. The van der Waals surface area contributed by atoms with Gasteiger partial charge in [-0.3, -0.25) is 4.79 Å². The average Bonchev–Trinajstić information content (AvgIpc) is 3.20. The topological polar surface area (TPSA) is 46.3 Å². The highest BCUT2D eigenvalue weighted by Crippen LogP contribution is 2.32. The first-order valence-corrected chi connectivity index (χ1v) is 7.58. The van der Waals surface area contributed by atoms with Crippen LogP contribution in [0.15, 0.2) is 18.2 Å². The fourth-order valence-electron chi connectivity index (χ4n) is 2.18. The molecule has 0 aliphatic heterocycles. The number of amides is 1. The fourth-order valence-corrected chi connectivity index (χ4v) is 2.40. The lowest BCUT2D eigenvalue weighted by Crippen LogP contribution is -2.51. The van der Waals surface area contributed by atoms with E-state index in [-0.39, 0.29) is 29.7 Å². The summed E-state index contributed by atoms with van der Waals surface area (Å²) in [4.78, 5) is 14.3. The third kappa shape index (κ3) is 3.74. The second-order valence-corrected chi connectivity index (χ2v) is 7.15. The molecule has 0 saturated heterocycles. The van der Waals surface area contributed by atoms with E-state index in [0.717, 1.165) is 12.8 Å². The predicted molar refractivity (Wildman–Crippen MR) is 82.4 cm³/mol. The van der Waals surface area contributed by atoms with Gasteiger partial charge in [0.2, 0.25) is 5.91 Å². The van der Waals surface area contributed by atoms with E-state index >= 15 is 0 Å². The summed E-state index contributed by atoms with van der Waals surface area (Å²) >= 11 is 6.06. The maximum absolute atomic E-state index is 13.9. The van der Waals surface area contributed by atoms with E-state index in [2.05, 4.69) is 0 Å². The van der Waals surface area contributed by atoms with Crippen LogP contribution in [0.4, 0.5) is 4.39 Å². The first kappa shape index (κ1) is 16.2. The molecule has 1 atom stereocenters. The second-order valence-electron chi connectivity index (χ2n) is 6.74. The van der Waals surface area contributed by atoms with Gasteiger partial charge < -0.3 is 10.6 Å². The van der Waals surface area contributed by atoms with Gasteiger partial charge in [-0.1, -0.05) is 38.4 Å². The first-order chi connectivity index (χ1) is 9.71. The van der Waals surface area contributed by atoms with Gasteiger partial charge in [0.25, 0.3) is 0 Å². The Balaban J connectivity index is 2.23. The Morgan fingerprint density at radius 1 is 1.48 bits per heavy atom. The van der Waals surface area contributed by atoms with Gasteiger partial charge in [-0.25, -0.2) is 4.39 Å². The zero-order valence-corrected chi connectivity index (χ0v) is 13.5. The Bertz CT molecular complexity index is 517. The summed E-state index contributed by atoms with van der Waals surface area (Å²) in [5.41, 5.74) is 6.10. The predicted octanol–water partition coefficient (Wildman–Crippen LogP) is 3.34. The van der Waals surface area contributed by atoms with Crippen molar-refractivity contribution in [3.63, 3.8) is 0 Å². The van der Waals surface area contributed by atoms with Crippen molar-refractivity contribution in [3.05, 3.63) is 34.6 Å². The van der Waals surface area contributed by atoms with Crippen LogP contribution in [0.1, 0.15) is 39.2 Å². The van der Waals surface area contributed by atoms with E-state index in [1.54, 1.807) is 17.0 Å². The van der Waals surface area contributed by atoms with Gasteiger partial charge in [0.15, 0.2) is 0 Å². The quantitative estimate of drug-likeness (QED) is 0.927. The van der Waals surface area contributed by atoms with Gasteiger partial charge in [-0.2, -0.15) is 0 Å². The van der Waals surface area contributed by atoms with Crippen molar-refractivity contribution in [1.29, 1.82) is 0 Å². The molecular weight excluding hydrogens is 291 g/mol. The summed E-state index contributed by atoms with van der Waals surface area (Å²) in [6.07, 6.45) is 1.88. The molecule has 0 bridgehead atoms. The third-order valence-corrected chi connectivity index (χ3v) is 4.21. The third-order valence-electron chi connectivity index (χ3n) is 3.86. The first-order valence-electron chi connectivity index (χ1n) is 7.20. The van der Waals surface area contributed by atoms with Gasteiger partial charge in [-0.05, 0) is 30.4 Å². The van der Waals surface area contributed by atoms with Crippen molar-refractivity contribution in [2.24, 2.45) is 11.1 Å². The number of carbonyl (C=O) groups is 1. The maximum Gasteiger partial charge on any atom is 0.240 e. The number of benzene rings is 1. The number of nitrogens with zero attached hydrogens (tertiary/aromatic N) is 1. The largest absolute Gasteiger partial charge is 0.334 e. The van der Waals surface area contributed by atoms with Crippen LogP contribution in [-0.4, -0.2) is 22.9 Å². The van der Waals surface area contributed by atoms with Crippen molar-refractivity contribution in [1.82, 2.24) is 4.90 Å². The molecule has 21 heavy (non-hydrogen) atoms. The average molecular weight is 313 g/mol. The van der Waals surface area contributed by atoms with Crippen LogP contribution in [-0.2, 0) is 11.3 Å². The Kier molecular flexibility index (Phi) is 4.59. The van der Waals surface area contributed by atoms with Gasteiger partial charge in [-0.15, -0.1) is 0 Å². The molecule has 2 N–H and O–H groups in total. The molecule has 1 aliphatic carbocycles. The zero-order valence-electron chi connectivity index (χ0n) is 12.7. The summed E-state index contributed by atoms with van der Waals surface area (Å²) in [7, 11) is 0. The van der Waals surface area contributed by atoms with E-state index < -0.39 is 6.04 Å². The molecule has 0 heterocycles. The van der Waals surface area contributed by atoms with E-state index in [0.29, 0.717) is 10.6 Å². The number of hydrogen-bond donors (Lipinski definition) is 1. The van der Waals surface area contributed by atoms with Crippen LogP contribution in [0.25, 0.3) is 0 Å². The minimum absolute atomic E-state index is 0.135. The van der Waals surface area contributed by atoms with E-state index in [9.17, 15) is 9.18 Å². The number of halogens is 2. The molecule has 5 heteroatoms. The Labute approximate surface area is 130 Å². The molecule has 3 nitrogen and oxygen atoms in total. The second kappa shape index (κ2) is 5.93. The van der Waals surface area contributed by atoms with Crippen LogP contribution in [0.5, 0.6) is 0 Å². The molecule has 1 aliphatic rings. The van der Waals surface area contributed by atoms with E-state index in [1.807, 2.05) is 20.8 Å². The zero-order chi connectivity index (χ0) is 15.8. The summed E-state index contributed by atoms with van der Waals surface area (Å²) in [5, 5.41) is 0.345. The van der Waals surface area contributed by atoms with Crippen molar-refractivity contribution >= 4 is 17.5 Å². The SMILES string of the molecule is CC(C)(C)C(N)C(=O)N(Cc1c(F)cccc1Cl)C1CC1. The highest BCUT2D eigenvalue weighted by molar-refractivity contribution is 6.31. The van der Waals surface area contributed by atoms with Crippen LogP contribution in [0.3, 0.4) is 0 Å². The molecule has 2 rings (SSSR count). The minimum Gasteiger partial charge on any atom is -0.334 e.